The molecule has 0 aromatic carbocycles. The average Bonchev–Trinajstić information content (AvgIpc) is 2.17. The van der Waals surface area contributed by atoms with Gasteiger partial charge in [0.2, 0.25) is 5.88 Å². The molecule has 0 fully saturated rings. The van der Waals surface area contributed by atoms with Crippen LogP contribution in [0.1, 0.15) is 17.7 Å². The molecule has 0 aliphatic heterocycles. The first-order chi connectivity index (χ1) is 6.60. The van der Waals surface area contributed by atoms with Crippen molar-refractivity contribution in [1.29, 1.82) is 0 Å². The standard InChI is InChI=1S/C8H9F3N2O/c1-14-8-5(9)2-4(7(10)11)6(3-12)13-8/h2,7H,3,12H2,1H3. The number of methoxy groups -OCH3 is 1. The summed E-state index contributed by atoms with van der Waals surface area (Å²) in [4.78, 5) is 3.53. The summed E-state index contributed by atoms with van der Waals surface area (Å²) in [5.41, 5.74) is 4.64. The molecule has 2 N–H and O–H groups in total. The Morgan fingerprint density at radius 1 is 1.57 bits per heavy atom. The van der Waals surface area contributed by atoms with Crippen LogP contribution in [0.3, 0.4) is 0 Å². The molecule has 0 aliphatic rings. The molecular weight excluding hydrogens is 197 g/mol. The Morgan fingerprint density at radius 3 is 2.64 bits per heavy atom. The molecule has 0 spiro atoms. The van der Waals surface area contributed by atoms with E-state index in [1.54, 1.807) is 0 Å². The summed E-state index contributed by atoms with van der Waals surface area (Å²) in [5.74, 6) is -1.24. The molecule has 0 unspecified atom stereocenters. The van der Waals surface area contributed by atoms with Crippen LogP contribution in [0.25, 0.3) is 0 Å². The van der Waals surface area contributed by atoms with E-state index in [2.05, 4.69) is 9.72 Å². The van der Waals surface area contributed by atoms with Gasteiger partial charge in [-0.05, 0) is 6.07 Å². The topological polar surface area (TPSA) is 48.1 Å². The van der Waals surface area contributed by atoms with E-state index in [-0.39, 0.29) is 18.1 Å². The van der Waals surface area contributed by atoms with Crippen LogP contribution in [0.2, 0.25) is 0 Å². The van der Waals surface area contributed by atoms with E-state index in [9.17, 15) is 13.2 Å². The summed E-state index contributed by atoms with van der Waals surface area (Å²) in [6, 6.07) is 0.693. The first kappa shape index (κ1) is 10.8. The molecule has 1 heterocycles. The third-order valence-corrected chi connectivity index (χ3v) is 1.68. The minimum Gasteiger partial charge on any atom is -0.479 e. The van der Waals surface area contributed by atoms with Gasteiger partial charge in [-0.3, -0.25) is 0 Å². The lowest BCUT2D eigenvalue weighted by molar-refractivity contribution is 0.148. The van der Waals surface area contributed by atoms with Crippen molar-refractivity contribution < 1.29 is 17.9 Å². The number of nitrogens with zero attached hydrogens (tertiary/aromatic N) is 1. The van der Waals surface area contributed by atoms with Crippen molar-refractivity contribution in [3.63, 3.8) is 0 Å². The van der Waals surface area contributed by atoms with E-state index in [0.29, 0.717) is 6.07 Å². The summed E-state index contributed by atoms with van der Waals surface area (Å²) >= 11 is 0. The van der Waals surface area contributed by atoms with Gasteiger partial charge < -0.3 is 10.5 Å². The van der Waals surface area contributed by atoms with E-state index in [4.69, 9.17) is 5.73 Å². The molecule has 0 saturated carbocycles. The number of hydrogen-bond acceptors (Lipinski definition) is 3. The second-order valence-electron chi connectivity index (χ2n) is 2.52. The van der Waals surface area contributed by atoms with Crippen LogP contribution in [0, 0.1) is 5.82 Å². The summed E-state index contributed by atoms with van der Waals surface area (Å²) in [6.07, 6.45) is -2.79. The number of ether oxygens (including phenoxy) is 1. The third-order valence-electron chi connectivity index (χ3n) is 1.68. The third kappa shape index (κ3) is 1.95. The zero-order valence-corrected chi connectivity index (χ0v) is 7.43. The fourth-order valence-corrected chi connectivity index (χ4v) is 1.02. The van der Waals surface area contributed by atoms with Gasteiger partial charge in [0.05, 0.1) is 12.8 Å². The lowest BCUT2D eigenvalue weighted by atomic mass is 10.2. The van der Waals surface area contributed by atoms with Gasteiger partial charge >= 0.3 is 0 Å². The summed E-state index contributed by atoms with van der Waals surface area (Å²) in [5, 5.41) is 0. The van der Waals surface area contributed by atoms with Gasteiger partial charge in [0.25, 0.3) is 6.43 Å². The van der Waals surface area contributed by atoms with Crippen LogP contribution in [-0.2, 0) is 6.54 Å². The molecule has 0 aliphatic carbocycles. The highest BCUT2D eigenvalue weighted by molar-refractivity contribution is 5.28. The molecule has 0 radical (unpaired) electrons. The number of nitrogens with two attached hydrogens (primary N) is 1. The average molecular weight is 206 g/mol. The van der Waals surface area contributed by atoms with Crippen molar-refractivity contribution in [3.05, 3.63) is 23.1 Å². The Balaban J connectivity index is 3.24. The van der Waals surface area contributed by atoms with Crippen LogP contribution < -0.4 is 10.5 Å². The summed E-state index contributed by atoms with van der Waals surface area (Å²) < 4.78 is 42.2. The monoisotopic (exact) mass is 206 g/mol. The first-order valence-electron chi connectivity index (χ1n) is 3.81. The Kier molecular flexibility index (Phi) is 3.29. The molecule has 1 aromatic rings. The summed E-state index contributed by atoms with van der Waals surface area (Å²) in [6.45, 7) is -0.184. The number of pyridine rings is 1. The van der Waals surface area contributed by atoms with E-state index < -0.39 is 17.8 Å². The van der Waals surface area contributed by atoms with Crippen LogP contribution in [0.5, 0.6) is 5.88 Å². The predicted octanol–water partition coefficient (Wildman–Crippen LogP) is 1.63. The van der Waals surface area contributed by atoms with E-state index in [1.165, 1.54) is 7.11 Å². The molecule has 14 heavy (non-hydrogen) atoms. The normalized spacial score (nSPS) is 10.7. The Hall–Kier alpha value is -1.30. The maximum absolute atomic E-state index is 13.0. The van der Waals surface area contributed by atoms with Gasteiger partial charge in [-0.1, -0.05) is 0 Å². The van der Waals surface area contributed by atoms with E-state index in [0.717, 1.165) is 0 Å². The molecule has 1 rings (SSSR count). The minimum absolute atomic E-state index is 0.0572. The molecule has 1 aromatic heterocycles. The predicted molar refractivity (Wildman–Crippen MR) is 43.6 cm³/mol. The highest BCUT2D eigenvalue weighted by atomic mass is 19.3. The van der Waals surface area contributed by atoms with Gasteiger partial charge in [-0.15, -0.1) is 0 Å². The maximum Gasteiger partial charge on any atom is 0.265 e. The number of alkyl halides is 2. The number of aromatic nitrogens is 1. The van der Waals surface area contributed by atoms with E-state index in [1.807, 2.05) is 0 Å². The minimum atomic E-state index is -2.79. The second-order valence-corrected chi connectivity index (χ2v) is 2.52. The molecule has 0 saturated heterocycles. The van der Waals surface area contributed by atoms with Gasteiger partial charge in [-0.25, -0.2) is 18.2 Å². The smallest absolute Gasteiger partial charge is 0.265 e. The van der Waals surface area contributed by atoms with Crippen molar-refractivity contribution in [3.8, 4) is 5.88 Å². The lowest BCUT2D eigenvalue weighted by Gasteiger charge is -2.08. The van der Waals surface area contributed by atoms with Crippen LogP contribution >= 0.6 is 0 Å². The van der Waals surface area contributed by atoms with E-state index >= 15 is 0 Å². The fourth-order valence-electron chi connectivity index (χ4n) is 1.02. The van der Waals surface area contributed by atoms with Gasteiger partial charge in [-0.2, -0.15) is 0 Å². The largest absolute Gasteiger partial charge is 0.479 e. The second kappa shape index (κ2) is 4.28. The Labute approximate surface area is 78.7 Å². The van der Waals surface area contributed by atoms with Crippen molar-refractivity contribution in [2.45, 2.75) is 13.0 Å². The van der Waals surface area contributed by atoms with Crippen molar-refractivity contribution in [2.75, 3.05) is 7.11 Å². The number of halogens is 3. The van der Waals surface area contributed by atoms with Gasteiger partial charge in [0, 0.05) is 12.1 Å². The molecule has 0 bridgehead atoms. The van der Waals surface area contributed by atoms with Crippen LogP contribution in [0.4, 0.5) is 13.2 Å². The van der Waals surface area contributed by atoms with Gasteiger partial charge in [0.15, 0.2) is 5.82 Å². The van der Waals surface area contributed by atoms with Crippen molar-refractivity contribution in [1.82, 2.24) is 4.98 Å². The zero-order valence-electron chi connectivity index (χ0n) is 7.43. The molecule has 3 nitrogen and oxygen atoms in total. The maximum atomic E-state index is 13.0. The Bertz CT molecular complexity index is 331. The molecule has 0 atom stereocenters. The quantitative estimate of drug-likeness (QED) is 0.817. The molecular formula is C8H9F3N2O. The first-order valence-corrected chi connectivity index (χ1v) is 3.81. The SMILES string of the molecule is COc1nc(CN)c(C(F)F)cc1F. The van der Waals surface area contributed by atoms with Crippen molar-refractivity contribution in [2.24, 2.45) is 5.73 Å². The number of rotatable bonds is 3. The highest BCUT2D eigenvalue weighted by Crippen LogP contribution is 2.25. The molecule has 78 valence electrons. The fraction of sp³-hybridized carbons (Fsp3) is 0.375. The van der Waals surface area contributed by atoms with Gasteiger partial charge in [0.1, 0.15) is 0 Å². The summed E-state index contributed by atoms with van der Waals surface area (Å²) in [7, 11) is 1.20. The van der Waals surface area contributed by atoms with Crippen molar-refractivity contribution >= 4 is 0 Å². The highest BCUT2D eigenvalue weighted by Gasteiger charge is 2.17. The van der Waals surface area contributed by atoms with Crippen LogP contribution in [0.15, 0.2) is 6.07 Å². The Morgan fingerprint density at radius 2 is 2.21 bits per heavy atom. The zero-order chi connectivity index (χ0) is 10.7. The molecule has 0 amide bonds. The number of hydrogen-bond donors (Lipinski definition) is 1. The van der Waals surface area contributed by atoms with Crippen LogP contribution in [-0.4, -0.2) is 12.1 Å². The molecule has 6 heteroatoms. The lowest BCUT2D eigenvalue weighted by Crippen LogP contribution is -2.07.